The monoisotopic (exact) mass is 581 g/mol. The molecule has 0 bridgehead atoms. The van der Waals surface area contributed by atoms with Crippen LogP contribution >= 0.6 is 23.4 Å². The fraction of sp³-hybridized carbons (Fsp3) is 0.607. The van der Waals surface area contributed by atoms with Crippen LogP contribution in [0.5, 0.6) is 11.5 Å². The zero-order valence-electron chi connectivity index (χ0n) is 22.6. The summed E-state index contributed by atoms with van der Waals surface area (Å²) in [4.78, 5) is 32.8. The number of allylic oxidation sites excluding steroid dienone is 1. The number of nitrogens with zero attached hydrogens (tertiary/aromatic N) is 2. The van der Waals surface area contributed by atoms with E-state index in [-0.39, 0.29) is 48.1 Å². The minimum atomic E-state index is -2.49. The summed E-state index contributed by atoms with van der Waals surface area (Å²) in [5.74, 6) is -3.56. The number of piperidine rings is 1. The normalized spacial score (nSPS) is 27.2. The van der Waals surface area contributed by atoms with Crippen LogP contribution in [0.25, 0.3) is 0 Å². The molecule has 2 atom stereocenters. The summed E-state index contributed by atoms with van der Waals surface area (Å²) >= 11 is 8.05. The van der Waals surface area contributed by atoms with Gasteiger partial charge >= 0.3 is 0 Å². The SMILES string of the molecule is CSC1=CC(C)=NC(=O)C1CNC(=O)c1cc(Cl)c2c(c1C)OC(C)(C1CCN(CC3CC(F)(F)C3)CC1)O2. The van der Waals surface area contributed by atoms with Gasteiger partial charge in [-0.3, -0.25) is 9.59 Å². The Bertz CT molecular complexity index is 1240. The summed E-state index contributed by atoms with van der Waals surface area (Å²) in [6.07, 6.45) is 5.34. The van der Waals surface area contributed by atoms with Crippen LogP contribution in [0.15, 0.2) is 22.0 Å². The van der Waals surface area contributed by atoms with Gasteiger partial charge in [0.1, 0.15) is 0 Å². The van der Waals surface area contributed by atoms with E-state index in [1.807, 2.05) is 19.3 Å². The number of alkyl halides is 2. The van der Waals surface area contributed by atoms with E-state index in [1.54, 1.807) is 19.9 Å². The van der Waals surface area contributed by atoms with Crippen molar-refractivity contribution >= 4 is 40.9 Å². The number of ether oxygens (including phenoxy) is 2. The molecule has 212 valence electrons. The fourth-order valence-electron chi connectivity index (χ4n) is 6.06. The molecule has 1 N–H and O–H groups in total. The maximum Gasteiger partial charge on any atom is 0.255 e. The van der Waals surface area contributed by atoms with Crippen molar-refractivity contribution in [3.05, 3.63) is 33.2 Å². The maximum atomic E-state index is 13.2. The van der Waals surface area contributed by atoms with Gasteiger partial charge in [0, 0.05) is 60.5 Å². The third-order valence-corrected chi connectivity index (χ3v) is 9.45. The average Bonchev–Trinajstić information content (AvgIpc) is 3.24. The second-order valence-electron chi connectivity index (χ2n) is 11.2. The van der Waals surface area contributed by atoms with Crippen LogP contribution in [0.1, 0.15) is 55.5 Å². The van der Waals surface area contributed by atoms with Crippen molar-refractivity contribution in [2.75, 3.05) is 32.4 Å². The van der Waals surface area contributed by atoms with Crippen molar-refractivity contribution in [2.45, 2.75) is 58.2 Å². The molecule has 1 aromatic carbocycles. The molecular weight excluding hydrogens is 548 g/mol. The number of thioether (sulfide) groups is 1. The molecule has 7 nitrogen and oxygen atoms in total. The Morgan fingerprint density at radius 2 is 1.90 bits per heavy atom. The number of nitrogens with one attached hydrogen (secondary N) is 1. The number of hydrogen-bond donors (Lipinski definition) is 1. The molecule has 0 aromatic heterocycles. The van der Waals surface area contributed by atoms with Crippen molar-refractivity contribution in [3.63, 3.8) is 0 Å². The number of halogens is 3. The Kier molecular flexibility index (Phi) is 7.76. The molecule has 0 spiro atoms. The van der Waals surface area contributed by atoms with Gasteiger partial charge in [-0.05, 0) is 64.1 Å². The highest BCUT2D eigenvalue weighted by Crippen LogP contribution is 2.51. The molecule has 5 rings (SSSR count). The van der Waals surface area contributed by atoms with Gasteiger partial charge in [-0.25, -0.2) is 13.8 Å². The number of dihydropyridines is 1. The van der Waals surface area contributed by atoms with Gasteiger partial charge in [0.15, 0.2) is 11.5 Å². The number of carbonyl (C=O) groups is 2. The molecule has 1 saturated carbocycles. The number of fused-ring (bicyclic) bond motifs is 1. The highest BCUT2D eigenvalue weighted by Gasteiger charge is 2.49. The Balaban J connectivity index is 1.22. The lowest BCUT2D eigenvalue weighted by atomic mass is 9.80. The quantitative estimate of drug-likeness (QED) is 0.459. The first-order valence-electron chi connectivity index (χ1n) is 13.3. The predicted molar refractivity (Wildman–Crippen MR) is 148 cm³/mol. The minimum Gasteiger partial charge on any atom is -0.448 e. The third-order valence-electron chi connectivity index (χ3n) is 8.29. The predicted octanol–water partition coefficient (Wildman–Crippen LogP) is 5.49. The summed E-state index contributed by atoms with van der Waals surface area (Å²) < 4.78 is 39.1. The first-order chi connectivity index (χ1) is 18.4. The van der Waals surface area contributed by atoms with Crippen LogP contribution in [-0.2, 0) is 4.79 Å². The molecule has 2 fully saturated rings. The number of carbonyl (C=O) groups excluding carboxylic acids is 2. The van der Waals surface area contributed by atoms with Crippen LogP contribution in [-0.4, -0.2) is 66.6 Å². The number of likely N-dealkylation sites (tertiary alicyclic amines) is 1. The summed E-state index contributed by atoms with van der Waals surface area (Å²) in [5.41, 5.74) is 1.63. The van der Waals surface area contributed by atoms with Crippen LogP contribution in [0.2, 0.25) is 5.02 Å². The molecule has 1 aliphatic carbocycles. The van der Waals surface area contributed by atoms with Gasteiger partial charge in [-0.15, -0.1) is 11.8 Å². The smallest absolute Gasteiger partial charge is 0.255 e. The van der Waals surface area contributed by atoms with Crippen LogP contribution < -0.4 is 14.8 Å². The van der Waals surface area contributed by atoms with Gasteiger partial charge in [0.25, 0.3) is 17.6 Å². The molecule has 3 heterocycles. The molecule has 4 aliphatic rings. The number of aliphatic imine (C=N–C) groups is 1. The van der Waals surface area contributed by atoms with E-state index in [0.717, 1.165) is 30.8 Å². The maximum absolute atomic E-state index is 13.2. The standard InChI is InChI=1S/C28H34ClF2N3O4S/c1-15-9-22(39-4)20(26(36)33-15)13-32-25(35)19-10-21(29)24-23(16(19)2)37-27(3,38-24)18-5-7-34(8-6-18)14-17-11-28(30,31)12-17/h9-10,17-18,20H,5-8,11-14H2,1-4H3,(H,32,35). The van der Waals surface area contributed by atoms with Crippen LogP contribution in [0.4, 0.5) is 8.78 Å². The zero-order valence-corrected chi connectivity index (χ0v) is 24.2. The summed E-state index contributed by atoms with van der Waals surface area (Å²) in [6, 6.07) is 1.58. The first-order valence-corrected chi connectivity index (χ1v) is 14.9. The molecule has 11 heteroatoms. The molecule has 2 amide bonds. The van der Waals surface area contributed by atoms with Gasteiger partial charge in [-0.2, -0.15) is 0 Å². The topological polar surface area (TPSA) is 80.2 Å². The second kappa shape index (κ2) is 10.7. The zero-order chi connectivity index (χ0) is 28.1. The van der Waals surface area contributed by atoms with Crippen molar-refractivity contribution in [1.82, 2.24) is 10.2 Å². The van der Waals surface area contributed by atoms with Gasteiger partial charge < -0.3 is 19.7 Å². The van der Waals surface area contributed by atoms with Gasteiger partial charge in [-0.1, -0.05) is 11.6 Å². The fourth-order valence-corrected chi connectivity index (χ4v) is 7.05. The Hall–Kier alpha value is -2.17. The number of benzene rings is 1. The lowest BCUT2D eigenvalue weighted by molar-refractivity contribution is -0.134. The van der Waals surface area contributed by atoms with Crippen molar-refractivity contribution in [1.29, 1.82) is 0 Å². The van der Waals surface area contributed by atoms with E-state index in [9.17, 15) is 18.4 Å². The van der Waals surface area contributed by atoms with Gasteiger partial charge in [0.2, 0.25) is 5.92 Å². The molecule has 39 heavy (non-hydrogen) atoms. The van der Waals surface area contributed by atoms with E-state index in [0.29, 0.717) is 34.9 Å². The summed E-state index contributed by atoms with van der Waals surface area (Å²) in [6.45, 7) is 7.88. The Labute approximate surface area is 236 Å². The lowest BCUT2D eigenvalue weighted by Crippen LogP contribution is -2.50. The first kappa shape index (κ1) is 28.4. The summed E-state index contributed by atoms with van der Waals surface area (Å²) in [5, 5.41) is 3.15. The molecule has 1 saturated heterocycles. The minimum absolute atomic E-state index is 0.0140. The van der Waals surface area contributed by atoms with E-state index in [4.69, 9.17) is 21.1 Å². The Morgan fingerprint density at radius 3 is 2.54 bits per heavy atom. The molecular formula is C28H34ClF2N3O4S. The molecule has 2 unspecified atom stereocenters. The summed E-state index contributed by atoms with van der Waals surface area (Å²) in [7, 11) is 0. The Morgan fingerprint density at radius 1 is 1.23 bits per heavy atom. The number of rotatable bonds is 7. The third kappa shape index (κ3) is 5.70. The highest BCUT2D eigenvalue weighted by atomic mass is 35.5. The molecule has 3 aliphatic heterocycles. The largest absolute Gasteiger partial charge is 0.448 e. The average molecular weight is 582 g/mol. The van der Waals surface area contributed by atoms with Crippen LogP contribution in [0.3, 0.4) is 0 Å². The van der Waals surface area contributed by atoms with Crippen molar-refractivity contribution < 1.29 is 27.8 Å². The number of hydrogen-bond acceptors (Lipinski definition) is 6. The molecule has 0 radical (unpaired) electrons. The highest BCUT2D eigenvalue weighted by molar-refractivity contribution is 8.02. The van der Waals surface area contributed by atoms with E-state index >= 15 is 0 Å². The second-order valence-corrected chi connectivity index (χ2v) is 12.5. The van der Waals surface area contributed by atoms with Crippen molar-refractivity contribution in [3.8, 4) is 11.5 Å². The van der Waals surface area contributed by atoms with Crippen molar-refractivity contribution in [2.24, 2.45) is 22.7 Å². The van der Waals surface area contributed by atoms with E-state index < -0.39 is 17.6 Å². The number of amides is 2. The van der Waals surface area contributed by atoms with E-state index in [2.05, 4.69) is 15.2 Å². The van der Waals surface area contributed by atoms with E-state index in [1.165, 1.54) is 11.8 Å². The molecule has 1 aromatic rings. The van der Waals surface area contributed by atoms with Gasteiger partial charge in [0.05, 0.1) is 10.9 Å². The van der Waals surface area contributed by atoms with Crippen LogP contribution in [0, 0.1) is 24.7 Å². The lowest BCUT2D eigenvalue weighted by Gasteiger charge is -2.42.